The SMILES string of the molecule is CSC(C)(C)CNC(=O)Nc1cncc(C(=O)O)c1. The fraction of sp³-hybridized carbons (Fsp3) is 0.417. The third-order valence-electron chi connectivity index (χ3n) is 2.47. The van der Waals surface area contributed by atoms with Gasteiger partial charge in [-0.05, 0) is 26.2 Å². The molecule has 19 heavy (non-hydrogen) atoms. The van der Waals surface area contributed by atoms with Crippen LogP contribution in [0.2, 0.25) is 0 Å². The van der Waals surface area contributed by atoms with Crippen LogP contribution in [0.25, 0.3) is 0 Å². The molecule has 7 heteroatoms. The lowest BCUT2D eigenvalue weighted by Gasteiger charge is -2.22. The van der Waals surface area contributed by atoms with Crippen LogP contribution in [0.5, 0.6) is 0 Å². The highest BCUT2D eigenvalue weighted by Gasteiger charge is 2.17. The van der Waals surface area contributed by atoms with Crippen molar-refractivity contribution in [2.45, 2.75) is 18.6 Å². The molecule has 0 aromatic carbocycles. The highest BCUT2D eigenvalue weighted by Crippen LogP contribution is 2.19. The Bertz CT molecular complexity index is 477. The second-order valence-electron chi connectivity index (χ2n) is 4.54. The molecule has 2 amide bonds. The summed E-state index contributed by atoms with van der Waals surface area (Å²) in [6, 6.07) is 0.973. The monoisotopic (exact) mass is 283 g/mol. The maximum Gasteiger partial charge on any atom is 0.337 e. The minimum Gasteiger partial charge on any atom is -0.478 e. The molecule has 0 aliphatic carbocycles. The summed E-state index contributed by atoms with van der Waals surface area (Å²) < 4.78 is -0.0570. The van der Waals surface area contributed by atoms with Gasteiger partial charge in [0, 0.05) is 17.5 Å². The van der Waals surface area contributed by atoms with Crippen LogP contribution in [-0.2, 0) is 0 Å². The molecular formula is C12H17N3O3S. The van der Waals surface area contributed by atoms with Gasteiger partial charge in [0.15, 0.2) is 0 Å². The Morgan fingerprint density at radius 1 is 1.42 bits per heavy atom. The average molecular weight is 283 g/mol. The molecule has 0 saturated heterocycles. The molecule has 0 unspecified atom stereocenters. The molecule has 0 saturated carbocycles. The number of thioether (sulfide) groups is 1. The molecule has 0 bridgehead atoms. The topological polar surface area (TPSA) is 91.3 Å². The number of amides is 2. The van der Waals surface area contributed by atoms with Crippen LogP contribution < -0.4 is 10.6 Å². The summed E-state index contributed by atoms with van der Waals surface area (Å²) in [5.74, 6) is -1.08. The van der Waals surface area contributed by atoms with Gasteiger partial charge in [-0.1, -0.05) is 0 Å². The summed E-state index contributed by atoms with van der Waals surface area (Å²) in [5.41, 5.74) is 0.376. The van der Waals surface area contributed by atoms with Crippen molar-refractivity contribution >= 4 is 29.4 Å². The number of rotatable bonds is 5. The largest absolute Gasteiger partial charge is 0.478 e. The van der Waals surface area contributed by atoms with Crippen LogP contribution in [0.15, 0.2) is 18.5 Å². The van der Waals surface area contributed by atoms with Gasteiger partial charge >= 0.3 is 12.0 Å². The van der Waals surface area contributed by atoms with Gasteiger partial charge in [0.05, 0.1) is 17.4 Å². The zero-order valence-electron chi connectivity index (χ0n) is 11.1. The minimum atomic E-state index is -1.08. The number of aromatic nitrogens is 1. The van der Waals surface area contributed by atoms with Gasteiger partial charge in [-0.3, -0.25) is 4.98 Å². The van der Waals surface area contributed by atoms with Crippen molar-refractivity contribution < 1.29 is 14.7 Å². The van der Waals surface area contributed by atoms with Gasteiger partial charge in [0.2, 0.25) is 0 Å². The van der Waals surface area contributed by atoms with E-state index in [2.05, 4.69) is 15.6 Å². The van der Waals surface area contributed by atoms with E-state index in [4.69, 9.17) is 5.11 Å². The van der Waals surface area contributed by atoms with E-state index in [1.165, 1.54) is 18.5 Å². The Morgan fingerprint density at radius 2 is 2.11 bits per heavy atom. The van der Waals surface area contributed by atoms with Gasteiger partial charge in [-0.25, -0.2) is 9.59 Å². The molecule has 1 rings (SSSR count). The first kappa shape index (κ1) is 15.3. The molecule has 0 radical (unpaired) electrons. The van der Waals surface area contributed by atoms with E-state index in [9.17, 15) is 9.59 Å². The molecule has 0 fully saturated rings. The molecule has 104 valence electrons. The van der Waals surface area contributed by atoms with Crippen molar-refractivity contribution in [1.82, 2.24) is 10.3 Å². The van der Waals surface area contributed by atoms with Crippen molar-refractivity contribution in [1.29, 1.82) is 0 Å². The number of hydrogen-bond acceptors (Lipinski definition) is 4. The van der Waals surface area contributed by atoms with Gasteiger partial charge in [0.1, 0.15) is 0 Å². The quantitative estimate of drug-likeness (QED) is 0.769. The molecule has 0 atom stereocenters. The number of urea groups is 1. The van der Waals surface area contributed by atoms with E-state index < -0.39 is 5.97 Å². The van der Waals surface area contributed by atoms with Crippen LogP contribution >= 0.6 is 11.8 Å². The third-order valence-corrected chi connectivity index (χ3v) is 3.72. The molecule has 3 N–H and O–H groups in total. The maximum absolute atomic E-state index is 11.6. The number of aromatic carboxylic acids is 1. The first-order chi connectivity index (χ1) is 8.84. The summed E-state index contributed by atoms with van der Waals surface area (Å²) in [4.78, 5) is 26.2. The van der Waals surface area contributed by atoms with Crippen molar-refractivity contribution in [2.75, 3.05) is 18.1 Å². The molecule has 6 nitrogen and oxygen atoms in total. The first-order valence-corrected chi connectivity index (χ1v) is 6.85. The third kappa shape index (κ3) is 5.17. The van der Waals surface area contributed by atoms with E-state index in [1.807, 2.05) is 20.1 Å². The zero-order chi connectivity index (χ0) is 14.5. The minimum absolute atomic E-state index is 0.0299. The molecule has 1 heterocycles. The fourth-order valence-electron chi connectivity index (χ4n) is 1.17. The van der Waals surface area contributed by atoms with Gasteiger partial charge < -0.3 is 15.7 Å². The highest BCUT2D eigenvalue weighted by atomic mass is 32.2. The molecule has 0 aliphatic heterocycles. The van der Waals surface area contributed by atoms with E-state index >= 15 is 0 Å². The predicted molar refractivity (Wildman–Crippen MR) is 75.8 cm³/mol. The Morgan fingerprint density at radius 3 is 2.68 bits per heavy atom. The fourth-order valence-corrected chi connectivity index (χ4v) is 1.38. The lowest BCUT2D eigenvalue weighted by molar-refractivity contribution is 0.0696. The van der Waals surface area contributed by atoms with Crippen LogP contribution in [0, 0.1) is 0 Å². The van der Waals surface area contributed by atoms with Gasteiger partial charge in [-0.2, -0.15) is 11.8 Å². The summed E-state index contributed by atoms with van der Waals surface area (Å²) in [5, 5.41) is 14.1. The first-order valence-electron chi connectivity index (χ1n) is 5.62. The van der Waals surface area contributed by atoms with Gasteiger partial charge in [0.25, 0.3) is 0 Å². The zero-order valence-corrected chi connectivity index (χ0v) is 11.9. The smallest absolute Gasteiger partial charge is 0.337 e. The standard InChI is InChI=1S/C12H17N3O3S/c1-12(2,19-3)7-14-11(18)15-9-4-8(10(16)17)5-13-6-9/h4-6H,7H2,1-3H3,(H,16,17)(H2,14,15,18). The number of carboxylic acid groups (broad SMARTS) is 1. The number of carbonyl (C=O) groups is 2. The van der Waals surface area contributed by atoms with Crippen molar-refractivity contribution in [2.24, 2.45) is 0 Å². The van der Waals surface area contributed by atoms with Crippen LogP contribution in [0.4, 0.5) is 10.5 Å². The normalized spacial score (nSPS) is 10.9. The van der Waals surface area contributed by atoms with Crippen LogP contribution in [-0.4, -0.2) is 39.6 Å². The summed E-state index contributed by atoms with van der Waals surface area (Å²) in [6.45, 7) is 4.54. The maximum atomic E-state index is 11.6. The Labute approximate surface area is 116 Å². The van der Waals surface area contributed by atoms with E-state index in [1.54, 1.807) is 11.8 Å². The van der Waals surface area contributed by atoms with Crippen molar-refractivity contribution in [3.8, 4) is 0 Å². The number of anilines is 1. The molecule has 1 aromatic rings. The van der Waals surface area contributed by atoms with Crippen molar-refractivity contribution in [3.63, 3.8) is 0 Å². The number of pyridine rings is 1. The van der Waals surface area contributed by atoms with E-state index in [0.717, 1.165) is 0 Å². The number of carbonyl (C=O) groups excluding carboxylic acids is 1. The highest BCUT2D eigenvalue weighted by molar-refractivity contribution is 7.99. The van der Waals surface area contributed by atoms with E-state index in [0.29, 0.717) is 12.2 Å². The molecule has 0 spiro atoms. The number of carboxylic acids is 1. The summed E-state index contributed by atoms with van der Waals surface area (Å²) in [6.07, 6.45) is 4.59. The van der Waals surface area contributed by atoms with Crippen molar-refractivity contribution in [3.05, 3.63) is 24.0 Å². The lowest BCUT2D eigenvalue weighted by atomic mass is 10.2. The molecular weight excluding hydrogens is 266 g/mol. The van der Waals surface area contributed by atoms with E-state index in [-0.39, 0.29) is 16.3 Å². The molecule has 1 aromatic heterocycles. The summed E-state index contributed by atoms with van der Waals surface area (Å²) >= 11 is 1.65. The Hall–Kier alpha value is -1.76. The molecule has 0 aliphatic rings. The Balaban J connectivity index is 2.58. The second-order valence-corrected chi connectivity index (χ2v) is 6.05. The summed E-state index contributed by atoms with van der Waals surface area (Å²) in [7, 11) is 0. The number of hydrogen-bond donors (Lipinski definition) is 3. The number of nitrogens with one attached hydrogen (secondary N) is 2. The second kappa shape index (κ2) is 6.42. The Kier molecular flexibility index (Phi) is 5.17. The predicted octanol–water partition coefficient (Wildman–Crippen LogP) is 2.04. The van der Waals surface area contributed by atoms with Crippen LogP contribution in [0.3, 0.4) is 0 Å². The average Bonchev–Trinajstić information content (AvgIpc) is 2.37. The van der Waals surface area contributed by atoms with Gasteiger partial charge in [-0.15, -0.1) is 0 Å². The number of nitrogens with zero attached hydrogens (tertiary/aromatic N) is 1. The lowest BCUT2D eigenvalue weighted by Crippen LogP contribution is -2.38. The van der Waals surface area contributed by atoms with Crippen LogP contribution in [0.1, 0.15) is 24.2 Å².